The summed E-state index contributed by atoms with van der Waals surface area (Å²) in [6.07, 6.45) is 0. The number of thiophene rings is 1. The number of rotatable bonds is 4. The Morgan fingerprint density at radius 1 is 1.03 bits per heavy atom. The Morgan fingerprint density at radius 2 is 1.81 bits per heavy atom. The van der Waals surface area contributed by atoms with Gasteiger partial charge in [-0.2, -0.15) is 4.98 Å². The van der Waals surface area contributed by atoms with Gasteiger partial charge < -0.3 is 10.6 Å². The number of para-hydroxylation sites is 1. The Morgan fingerprint density at radius 3 is 2.55 bits per heavy atom. The second-order valence-corrected chi connectivity index (χ2v) is 8.40. The number of anilines is 2. The Kier molecular flexibility index (Phi) is 4.88. The smallest absolute Gasteiger partial charge is 0.255 e. The number of amides is 1. The van der Waals surface area contributed by atoms with E-state index in [9.17, 15) is 4.79 Å². The summed E-state index contributed by atoms with van der Waals surface area (Å²) in [5.74, 6) is 1.11. The van der Waals surface area contributed by atoms with E-state index in [-0.39, 0.29) is 11.9 Å². The first kappa shape index (κ1) is 19.3. The third-order valence-electron chi connectivity index (χ3n) is 5.33. The molecule has 5 rings (SSSR count). The molecule has 31 heavy (non-hydrogen) atoms. The van der Waals surface area contributed by atoms with Crippen molar-refractivity contribution in [2.75, 3.05) is 10.6 Å². The molecule has 0 spiro atoms. The number of hydrogen-bond donors (Lipinski definition) is 2. The van der Waals surface area contributed by atoms with Gasteiger partial charge in [-0.3, -0.25) is 4.79 Å². The normalized spacial score (nSPS) is 15.4. The van der Waals surface area contributed by atoms with Crippen molar-refractivity contribution in [2.24, 2.45) is 0 Å². The molecule has 0 bridgehead atoms. The van der Waals surface area contributed by atoms with Gasteiger partial charge in [-0.25, -0.2) is 4.68 Å². The molecule has 1 unspecified atom stereocenters. The van der Waals surface area contributed by atoms with Crippen molar-refractivity contribution in [2.45, 2.75) is 19.9 Å². The number of aryl methyl sites for hydroxylation is 1. The van der Waals surface area contributed by atoms with E-state index in [1.807, 2.05) is 90.6 Å². The molecule has 1 atom stereocenters. The first-order valence-electron chi connectivity index (χ1n) is 10.0. The summed E-state index contributed by atoms with van der Waals surface area (Å²) < 4.78 is 1.82. The monoisotopic (exact) mass is 427 g/mol. The average Bonchev–Trinajstić information content (AvgIpc) is 3.43. The third-order valence-corrected chi connectivity index (χ3v) is 6.25. The molecule has 1 aliphatic heterocycles. The van der Waals surface area contributed by atoms with Crippen LogP contribution in [-0.4, -0.2) is 20.7 Å². The second kappa shape index (κ2) is 7.85. The summed E-state index contributed by atoms with van der Waals surface area (Å²) >= 11 is 1.60. The number of aromatic nitrogens is 3. The molecule has 0 radical (unpaired) electrons. The van der Waals surface area contributed by atoms with Crippen LogP contribution >= 0.6 is 11.3 Å². The zero-order chi connectivity index (χ0) is 21.4. The van der Waals surface area contributed by atoms with E-state index in [0.29, 0.717) is 17.3 Å². The fourth-order valence-corrected chi connectivity index (χ4v) is 4.63. The number of carbonyl (C=O) groups is 1. The average molecular weight is 428 g/mol. The molecular formula is C24H21N5OS. The lowest BCUT2D eigenvalue weighted by Gasteiger charge is -2.27. The van der Waals surface area contributed by atoms with E-state index in [4.69, 9.17) is 10.1 Å². The standard InChI is InChI=1S/C24H21N5OS/c1-15-9-6-7-12-18(15)22-27-24-25-16(2)20(23(30)26-17-10-4-3-5-11-17)21(29(24)28-22)19-13-8-14-31-19/h3-14,21H,1-2H3,(H,26,30)(H,25,27,28). The molecule has 1 amide bonds. The van der Waals surface area contributed by atoms with Crippen LogP contribution in [0.15, 0.2) is 83.4 Å². The van der Waals surface area contributed by atoms with Crippen LogP contribution in [0.2, 0.25) is 0 Å². The number of fused-ring (bicyclic) bond motifs is 1. The molecule has 0 aliphatic carbocycles. The molecule has 1 aliphatic rings. The van der Waals surface area contributed by atoms with Crippen molar-refractivity contribution in [1.82, 2.24) is 14.8 Å². The maximum absolute atomic E-state index is 13.4. The molecule has 4 aromatic rings. The van der Waals surface area contributed by atoms with Gasteiger partial charge in [0.2, 0.25) is 5.95 Å². The van der Waals surface area contributed by atoms with Crippen molar-refractivity contribution in [3.63, 3.8) is 0 Å². The maximum atomic E-state index is 13.4. The summed E-state index contributed by atoms with van der Waals surface area (Å²) in [6, 6.07) is 21.2. The number of nitrogens with zero attached hydrogens (tertiary/aromatic N) is 3. The van der Waals surface area contributed by atoms with E-state index in [0.717, 1.165) is 27.4 Å². The minimum Gasteiger partial charge on any atom is -0.328 e. The molecule has 0 saturated heterocycles. The van der Waals surface area contributed by atoms with Gasteiger partial charge in [-0.05, 0) is 43.0 Å². The predicted octanol–water partition coefficient (Wildman–Crippen LogP) is 5.24. The van der Waals surface area contributed by atoms with E-state index in [1.54, 1.807) is 11.3 Å². The minimum absolute atomic E-state index is 0.159. The fraction of sp³-hybridized carbons (Fsp3) is 0.125. The highest BCUT2D eigenvalue weighted by atomic mass is 32.1. The van der Waals surface area contributed by atoms with Crippen molar-refractivity contribution in [1.29, 1.82) is 0 Å². The van der Waals surface area contributed by atoms with Gasteiger partial charge in [0.05, 0.1) is 5.57 Å². The first-order chi connectivity index (χ1) is 15.1. The zero-order valence-electron chi connectivity index (χ0n) is 17.2. The highest BCUT2D eigenvalue weighted by Crippen LogP contribution is 2.38. The Balaban J connectivity index is 1.59. The van der Waals surface area contributed by atoms with Crippen LogP contribution in [0.4, 0.5) is 11.6 Å². The third kappa shape index (κ3) is 3.53. The molecular weight excluding hydrogens is 406 g/mol. The minimum atomic E-state index is -0.356. The molecule has 0 saturated carbocycles. The van der Waals surface area contributed by atoms with Gasteiger partial charge in [0.15, 0.2) is 5.82 Å². The summed E-state index contributed by atoms with van der Waals surface area (Å²) in [5, 5.41) is 13.2. The Hall–Kier alpha value is -3.71. The first-order valence-corrected chi connectivity index (χ1v) is 10.9. The van der Waals surface area contributed by atoms with Crippen LogP contribution in [0.1, 0.15) is 23.4 Å². The molecule has 2 aromatic carbocycles. The lowest BCUT2D eigenvalue weighted by molar-refractivity contribution is -0.113. The van der Waals surface area contributed by atoms with Gasteiger partial charge in [-0.15, -0.1) is 16.4 Å². The van der Waals surface area contributed by atoms with Crippen molar-refractivity contribution >= 4 is 28.9 Å². The van der Waals surface area contributed by atoms with Gasteiger partial charge in [0.25, 0.3) is 5.91 Å². The number of benzene rings is 2. The van der Waals surface area contributed by atoms with Crippen molar-refractivity contribution in [3.8, 4) is 11.4 Å². The number of carbonyl (C=O) groups excluding carboxylic acids is 1. The molecule has 3 heterocycles. The lowest BCUT2D eigenvalue weighted by atomic mass is 10.0. The molecule has 154 valence electrons. The Labute approximate surface area is 184 Å². The summed E-state index contributed by atoms with van der Waals surface area (Å²) in [4.78, 5) is 19.1. The number of nitrogens with one attached hydrogen (secondary N) is 2. The molecule has 2 aromatic heterocycles. The fourth-order valence-electron chi connectivity index (χ4n) is 3.81. The van der Waals surface area contributed by atoms with Crippen molar-refractivity contribution < 1.29 is 4.79 Å². The van der Waals surface area contributed by atoms with E-state index < -0.39 is 0 Å². The highest BCUT2D eigenvalue weighted by Gasteiger charge is 2.35. The lowest BCUT2D eigenvalue weighted by Crippen LogP contribution is -2.31. The molecule has 0 fully saturated rings. The highest BCUT2D eigenvalue weighted by molar-refractivity contribution is 7.10. The topological polar surface area (TPSA) is 71.8 Å². The van der Waals surface area contributed by atoms with Gasteiger partial charge >= 0.3 is 0 Å². The summed E-state index contributed by atoms with van der Waals surface area (Å²) in [6.45, 7) is 3.95. The SMILES string of the molecule is CC1=C(C(=O)Nc2ccccc2)C(c2cccs2)n2nc(-c3ccccc3C)nc2N1. The molecule has 2 N–H and O–H groups in total. The van der Waals surface area contributed by atoms with Crippen LogP contribution in [0, 0.1) is 6.92 Å². The summed E-state index contributed by atoms with van der Waals surface area (Å²) in [7, 11) is 0. The van der Waals surface area contributed by atoms with Gasteiger partial charge in [0, 0.05) is 21.8 Å². The maximum Gasteiger partial charge on any atom is 0.255 e. The van der Waals surface area contributed by atoms with Crippen molar-refractivity contribution in [3.05, 3.63) is 93.8 Å². The van der Waals surface area contributed by atoms with Crippen LogP contribution in [-0.2, 0) is 4.79 Å². The van der Waals surface area contributed by atoms with Crippen LogP contribution in [0.5, 0.6) is 0 Å². The number of allylic oxidation sites excluding steroid dienone is 1. The molecule has 6 nitrogen and oxygen atoms in total. The predicted molar refractivity (Wildman–Crippen MR) is 124 cm³/mol. The Bertz CT molecular complexity index is 1270. The van der Waals surface area contributed by atoms with E-state index >= 15 is 0 Å². The van der Waals surface area contributed by atoms with E-state index in [1.165, 1.54) is 0 Å². The summed E-state index contributed by atoms with van der Waals surface area (Å²) in [5.41, 5.74) is 4.22. The van der Waals surface area contributed by atoms with Gasteiger partial charge in [-0.1, -0.05) is 48.5 Å². The van der Waals surface area contributed by atoms with Gasteiger partial charge in [0.1, 0.15) is 6.04 Å². The van der Waals surface area contributed by atoms with Crippen LogP contribution in [0.25, 0.3) is 11.4 Å². The van der Waals surface area contributed by atoms with Crippen LogP contribution < -0.4 is 10.6 Å². The largest absolute Gasteiger partial charge is 0.328 e. The molecule has 7 heteroatoms. The zero-order valence-corrected chi connectivity index (χ0v) is 18.0. The van der Waals surface area contributed by atoms with E-state index in [2.05, 4.69) is 10.6 Å². The quantitative estimate of drug-likeness (QED) is 0.467. The number of hydrogen-bond acceptors (Lipinski definition) is 5. The second-order valence-electron chi connectivity index (χ2n) is 7.42. The van der Waals surface area contributed by atoms with Crippen LogP contribution in [0.3, 0.4) is 0 Å².